The van der Waals surface area contributed by atoms with E-state index in [0.29, 0.717) is 28.7 Å². The van der Waals surface area contributed by atoms with Gasteiger partial charge in [-0.15, -0.1) is 11.3 Å². The van der Waals surface area contributed by atoms with Gasteiger partial charge in [0.15, 0.2) is 5.76 Å². The van der Waals surface area contributed by atoms with Crippen LogP contribution in [0, 0.1) is 11.3 Å². The molecule has 2 heterocycles. The monoisotopic (exact) mass is 425 g/mol. The molecule has 1 N–H and O–H groups in total. The van der Waals surface area contributed by atoms with Crippen molar-refractivity contribution < 1.29 is 18.7 Å². The average molecular weight is 426 g/mol. The van der Waals surface area contributed by atoms with Crippen LogP contribution in [0.3, 0.4) is 0 Å². The molecule has 30 heavy (non-hydrogen) atoms. The fourth-order valence-corrected chi connectivity index (χ4v) is 5.40. The molecule has 0 aliphatic heterocycles. The number of anilines is 1. The summed E-state index contributed by atoms with van der Waals surface area (Å²) < 4.78 is 11.0. The Bertz CT molecular complexity index is 1070. The third kappa shape index (κ3) is 3.88. The van der Waals surface area contributed by atoms with Crippen LogP contribution >= 0.6 is 11.3 Å². The van der Waals surface area contributed by atoms with Crippen molar-refractivity contribution in [3.8, 4) is 0 Å². The van der Waals surface area contributed by atoms with Crippen molar-refractivity contribution in [2.45, 2.75) is 47.0 Å². The first-order valence-corrected chi connectivity index (χ1v) is 11.2. The van der Waals surface area contributed by atoms with E-state index in [4.69, 9.17) is 9.15 Å². The van der Waals surface area contributed by atoms with Crippen LogP contribution in [-0.4, -0.2) is 18.5 Å². The van der Waals surface area contributed by atoms with Crippen molar-refractivity contribution in [1.82, 2.24) is 0 Å². The molecule has 0 saturated heterocycles. The van der Waals surface area contributed by atoms with Gasteiger partial charge in [0.05, 0.1) is 12.2 Å². The molecule has 1 amide bonds. The van der Waals surface area contributed by atoms with E-state index >= 15 is 0 Å². The van der Waals surface area contributed by atoms with E-state index in [9.17, 15) is 9.59 Å². The zero-order valence-corrected chi connectivity index (χ0v) is 18.7. The molecule has 1 aromatic carbocycles. The summed E-state index contributed by atoms with van der Waals surface area (Å²) in [6, 6.07) is 9.21. The first-order chi connectivity index (χ1) is 14.3. The molecular formula is C24H27NO4S. The number of fused-ring (bicyclic) bond motifs is 2. The predicted octanol–water partition coefficient (Wildman–Crippen LogP) is 6.07. The molecule has 1 unspecified atom stereocenters. The lowest BCUT2D eigenvalue weighted by Crippen LogP contribution is -2.26. The maximum absolute atomic E-state index is 12.9. The molecule has 0 bridgehead atoms. The molecule has 1 aliphatic carbocycles. The summed E-state index contributed by atoms with van der Waals surface area (Å²) >= 11 is 1.49. The minimum atomic E-state index is -0.371. The lowest BCUT2D eigenvalue weighted by Gasteiger charge is -2.33. The maximum Gasteiger partial charge on any atom is 0.341 e. The van der Waals surface area contributed by atoms with Crippen LogP contribution < -0.4 is 5.32 Å². The average Bonchev–Trinajstić information content (AvgIpc) is 3.28. The van der Waals surface area contributed by atoms with Gasteiger partial charge >= 0.3 is 5.97 Å². The number of thiophene rings is 1. The second-order valence-electron chi connectivity index (χ2n) is 8.84. The van der Waals surface area contributed by atoms with Crippen molar-refractivity contribution in [2.75, 3.05) is 11.9 Å². The van der Waals surface area contributed by atoms with Crippen LogP contribution in [0.1, 0.15) is 65.5 Å². The van der Waals surface area contributed by atoms with E-state index in [1.165, 1.54) is 16.2 Å². The first-order valence-electron chi connectivity index (χ1n) is 10.4. The van der Waals surface area contributed by atoms with E-state index in [1.807, 2.05) is 24.3 Å². The van der Waals surface area contributed by atoms with Gasteiger partial charge in [0.1, 0.15) is 10.6 Å². The molecule has 0 spiro atoms. The van der Waals surface area contributed by atoms with E-state index in [0.717, 1.165) is 30.2 Å². The molecule has 5 nitrogen and oxygen atoms in total. The fraction of sp³-hybridized carbons (Fsp3) is 0.417. The summed E-state index contributed by atoms with van der Waals surface area (Å²) in [5.74, 6) is 0.0365. The highest BCUT2D eigenvalue weighted by atomic mass is 32.1. The summed E-state index contributed by atoms with van der Waals surface area (Å²) in [6.07, 6.45) is 2.76. The summed E-state index contributed by atoms with van der Waals surface area (Å²) in [5, 5.41) is 4.34. The summed E-state index contributed by atoms with van der Waals surface area (Å²) in [7, 11) is 0. The fourth-order valence-electron chi connectivity index (χ4n) is 4.09. The van der Waals surface area contributed by atoms with Gasteiger partial charge in [0.25, 0.3) is 5.91 Å². The Balaban J connectivity index is 1.67. The van der Waals surface area contributed by atoms with Crippen LogP contribution in [0.2, 0.25) is 0 Å². The highest BCUT2D eigenvalue weighted by Gasteiger charge is 2.34. The van der Waals surface area contributed by atoms with Gasteiger partial charge in [-0.05, 0) is 55.2 Å². The Kier molecular flexibility index (Phi) is 5.45. The molecule has 0 radical (unpaired) electrons. The lowest BCUT2D eigenvalue weighted by atomic mass is 9.72. The molecule has 0 fully saturated rings. The number of hydrogen-bond acceptors (Lipinski definition) is 5. The third-order valence-electron chi connectivity index (χ3n) is 5.85. The molecule has 4 rings (SSSR count). The number of ether oxygens (including phenoxy) is 1. The number of rotatable bonds is 4. The number of carbonyl (C=O) groups excluding carboxylic acids is 2. The predicted molar refractivity (Wildman–Crippen MR) is 119 cm³/mol. The van der Waals surface area contributed by atoms with Gasteiger partial charge in [-0.3, -0.25) is 4.79 Å². The Morgan fingerprint density at radius 1 is 1.27 bits per heavy atom. The van der Waals surface area contributed by atoms with E-state index < -0.39 is 0 Å². The smallest absolute Gasteiger partial charge is 0.341 e. The zero-order chi connectivity index (χ0) is 21.5. The number of esters is 1. The van der Waals surface area contributed by atoms with Crippen molar-refractivity contribution in [2.24, 2.45) is 11.3 Å². The van der Waals surface area contributed by atoms with Gasteiger partial charge in [-0.2, -0.15) is 0 Å². The number of carbonyl (C=O) groups is 2. The maximum atomic E-state index is 12.9. The highest BCUT2D eigenvalue weighted by Crippen LogP contribution is 2.44. The van der Waals surface area contributed by atoms with Crippen LogP contribution in [0.15, 0.2) is 34.7 Å². The molecule has 0 saturated carbocycles. The van der Waals surface area contributed by atoms with Gasteiger partial charge in [0.2, 0.25) is 0 Å². The van der Waals surface area contributed by atoms with Crippen molar-refractivity contribution in [3.63, 3.8) is 0 Å². The molecule has 3 aromatic rings. The van der Waals surface area contributed by atoms with Crippen molar-refractivity contribution >= 4 is 39.2 Å². The van der Waals surface area contributed by atoms with Crippen molar-refractivity contribution in [1.29, 1.82) is 0 Å². The number of nitrogens with one attached hydrogen (secondary N) is 1. The quantitative estimate of drug-likeness (QED) is 0.515. The summed E-state index contributed by atoms with van der Waals surface area (Å²) in [6.45, 7) is 8.86. The standard InChI is InChI=1S/C24H27NO4S/c1-5-28-23(27)20-16-11-10-15(24(2,3)4)13-19(16)30-22(20)25-21(26)18-12-14-8-6-7-9-17(14)29-18/h6-9,12,15H,5,10-11,13H2,1-4H3,(H,25,26). The Morgan fingerprint density at radius 3 is 2.73 bits per heavy atom. The van der Waals surface area contributed by atoms with Gasteiger partial charge in [0, 0.05) is 10.3 Å². The largest absolute Gasteiger partial charge is 0.462 e. The minimum Gasteiger partial charge on any atom is -0.462 e. The normalized spacial score (nSPS) is 16.3. The summed E-state index contributed by atoms with van der Waals surface area (Å²) in [5.41, 5.74) is 2.39. The highest BCUT2D eigenvalue weighted by molar-refractivity contribution is 7.17. The van der Waals surface area contributed by atoms with Crippen LogP contribution in [0.5, 0.6) is 0 Å². The number of amides is 1. The van der Waals surface area contributed by atoms with Crippen LogP contribution in [0.4, 0.5) is 5.00 Å². The first kappa shape index (κ1) is 20.7. The van der Waals surface area contributed by atoms with E-state index in [1.54, 1.807) is 13.0 Å². The lowest BCUT2D eigenvalue weighted by molar-refractivity contribution is 0.0526. The molecule has 158 valence electrons. The van der Waals surface area contributed by atoms with Gasteiger partial charge < -0.3 is 14.5 Å². The second kappa shape index (κ2) is 7.91. The topological polar surface area (TPSA) is 68.5 Å². The number of benzene rings is 1. The zero-order valence-electron chi connectivity index (χ0n) is 17.8. The molecular weight excluding hydrogens is 398 g/mol. The second-order valence-corrected chi connectivity index (χ2v) is 9.94. The number of furan rings is 1. The SMILES string of the molecule is CCOC(=O)c1c(NC(=O)c2cc3ccccc3o2)sc2c1CCC(C(C)(C)C)C2. The van der Waals surface area contributed by atoms with Crippen LogP contribution in [0.25, 0.3) is 11.0 Å². The van der Waals surface area contributed by atoms with E-state index in [2.05, 4.69) is 26.1 Å². The van der Waals surface area contributed by atoms with Crippen molar-refractivity contribution in [3.05, 3.63) is 52.1 Å². The molecule has 1 atom stereocenters. The number of para-hydroxylation sites is 1. The Morgan fingerprint density at radius 2 is 2.03 bits per heavy atom. The third-order valence-corrected chi connectivity index (χ3v) is 7.02. The summed E-state index contributed by atoms with van der Waals surface area (Å²) in [4.78, 5) is 26.8. The van der Waals surface area contributed by atoms with E-state index in [-0.39, 0.29) is 23.1 Å². The Labute approximate surface area is 180 Å². The molecule has 1 aliphatic rings. The Hall–Kier alpha value is -2.60. The molecule has 6 heteroatoms. The van der Waals surface area contributed by atoms with Gasteiger partial charge in [-0.1, -0.05) is 39.0 Å². The van der Waals surface area contributed by atoms with Crippen LogP contribution in [-0.2, 0) is 17.6 Å². The minimum absolute atomic E-state index is 0.198. The number of hydrogen-bond donors (Lipinski definition) is 1. The van der Waals surface area contributed by atoms with Gasteiger partial charge in [-0.25, -0.2) is 4.79 Å². The molecule has 2 aromatic heterocycles.